The predicted octanol–water partition coefficient (Wildman–Crippen LogP) is 3.94. The topological polar surface area (TPSA) is 149 Å². The first-order chi connectivity index (χ1) is 18.8. The van der Waals surface area contributed by atoms with Crippen molar-refractivity contribution < 1.29 is 19.1 Å². The second kappa shape index (κ2) is 8.20. The number of cyclic esters (lactones) is 2. The Balaban J connectivity index is 1.46. The molecule has 4 aromatic rings. The average molecular weight is 543 g/mol. The third-order valence-corrected chi connectivity index (χ3v) is 8.21. The summed E-state index contributed by atoms with van der Waals surface area (Å²) in [6.45, 7) is 9.20. The van der Waals surface area contributed by atoms with E-state index >= 15 is 0 Å². The van der Waals surface area contributed by atoms with Gasteiger partial charge in [-0.1, -0.05) is 6.92 Å². The first kappa shape index (κ1) is 25.7. The van der Waals surface area contributed by atoms with Gasteiger partial charge in [-0.2, -0.15) is 0 Å². The molecule has 0 fully saturated rings. The number of pyridine rings is 2. The van der Waals surface area contributed by atoms with Gasteiger partial charge in [-0.3, -0.25) is 9.59 Å². The van der Waals surface area contributed by atoms with Crippen molar-refractivity contribution in [3.8, 4) is 0 Å². The third kappa shape index (κ3) is 3.41. The Labute approximate surface area is 229 Å². The second-order valence-electron chi connectivity index (χ2n) is 11.5. The van der Waals surface area contributed by atoms with Crippen LogP contribution in [0.3, 0.4) is 0 Å². The van der Waals surface area contributed by atoms with Crippen LogP contribution in [0.1, 0.15) is 78.9 Å². The van der Waals surface area contributed by atoms with Crippen LogP contribution in [0.2, 0.25) is 0 Å². The number of fused-ring (bicyclic) bond motifs is 6. The molecule has 206 valence electrons. The second-order valence-corrected chi connectivity index (χ2v) is 11.5. The van der Waals surface area contributed by atoms with Crippen LogP contribution in [-0.4, -0.2) is 21.1 Å². The molecule has 40 heavy (non-hydrogen) atoms. The molecule has 10 nitrogen and oxygen atoms in total. The molecule has 4 N–H and O–H groups in total. The Morgan fingerprint density at radius 1 is 0.775 bits per heavy atom. The SMILES string of the molecule is CCC(Cn1ccc2c3c(cc(N)c2c1=O)C(C)(C)OC3=O)n1ccc2c3c(cc(N)c2c1=O)C(C)(C)OC3=O. The molecule has 1 unspecified atom stereocenters. The number of rotatable bonds is 4. The van der Waals surface area contributed by atoms with Crippen LogP contribution in [0, 0.1) is 0 Å². The minimum Gasteiger partial charge on any atom is -0.451 e. The van der Waals surface area contributed by atoms with Gasteiger partial charge in [-0.15, -0.1) is 0 Å². The molecule has 2 aromatic heterocycles. The number of nitrogen functional groups attached to an aromatic ring is 2. The van der Waals surface area contributed by atoms with Gasteiger partial charge in [0, 0.05) is 52.2 Å². The minimum atomic E-state index is -0.846. The zero-order chi connectivity index (χ0) is 28.9. The zero-order valence-electron chi connectivity index (χ0n) is 23.0. The summed E-state index contributed by atoms with van der Waals surface area (Å²) in [6.07, 6.45) is 3.76. The number of nitrogens with two attached hydrogens (primary N) is 2. The van der Waals surface area contributed by atoms with Crippen molar-refractivity contribution in [3.63, 3.8) is 0 Å². The van der Waals surface area contributed by atoms with Crippen molar-refractivity contribution in [2.75, 3.05) is 11.5 Å². The molecule has 0 saturated carbocycles. The molecule has 2 aliphatic rings. The number of carbonyl (C=O) groups excluding carboxylic acids is 2. The van der Waals surface area contributed by atoms with Crippen molar-refractivity contribution >= 4 is 44.9 Å². The zero-order valence-corrected chi connectivity index (χ0v) is 23.0. The fourth-order valence-corrected chi connectivity index (χ4v) is 6.13. The maximum Gasteiger partial charge on any atom is 0.340 e. The molecule has 0 bridgehead atoms. The summed E-state index contributed by atoms with van der Waals surface area (Å²) in [5.41, 5.74) is 12.8. The van der Waals surface area contributed by atoms with Gasteiger partial charge >= 0.3 is 11.9 Å². The fourth-order valence-electron chi connectivity index (χ4n) is 6.13. The van der Waals surface area contributed by atoms with Crippen molar-refractivity contribution in [2.24, 2.45) is 0 Å². The number of esters is 2. The maximum absolute atomic E-state index is 13.8. The summed E-state index contributed by atoms with van der Waals surface area (Å²) < 4.78 is 14.1. The van der Waals surface area contributed by atoms with Gasteiger partial charge in [0.2, 0.25) is 0 Å². The minimum absolute atomic E-state index is 0.170. The number of nitrogens with zero attached hydrogens (tertiary/aromatic N) is 2. The van der Waals surface area contributed by atoms with Crippen LogP contribution in [0.15, 0.2) is 46.2 Å². The molecule has 0 amide bonds. The molecule has 0 aliphatic carbocycles. The van der Waals surface area contributed by atoms with E-state index in [2.05, 4.69) is 0 Å². The average Bonchev–Trinajstić information content (AvgIpc) is 3.24. The summed E-state index contributed by atoms with van der Waals surface area (Å²) in [6, 6.07) is 6.25. The van der Waals surface area contributed by atoms with Crippen LogP contribution in [0.4, 0.5) is 11.4 Å². The number of ether oxygens (including phenoxy) is 2. The number of benzene rings is 2. The van der Waals surface area contributed by atoms with Crippen LogP contribution in [0.25, 0.3) is 21.5 Å². The van der Waals surface area contributed by atoms with E-state index in [0.717, 1.165) is 0 Å². The third-order valence-electron chi connectivity index (χ3n) is 8.21. The molecule has 4 heterocycles. The Bertz CT molecular complexity index is 1930. The van der Waals surface area contributed by atoms with Gasteiger partial charge in [0.05, 0.1) is 27.9 Å². The summed E-state index contributed by atoms with van der Waals surface area (Å²) in [4.78, 5) is 52.7. The number of anilines is 2. The highest BCUT2D eigenvalue weighted by atomic mass is 16.6. The summed E-state index contributed by atoms with van der Waals surface area (Å²) in [5, 5.41) is 1.36. The van der Waals surface area contributed by atoms with Crippen molar-refractivity contribution in [1.29, 1.82) is 0 Å². The van der Waals surface area contributed by atoms with Gasteiger partial charge in [-0.05, 0) is 58.4 Å². The van der Waals surface area contributed by atoms with Gasteiger partial charge in [0.15, 0.2) is 0 Å². The molecule has 1 atom stereocenters. The molecule has 0 spiro atoms. The quantitative estimate of drug-likeness (QED) is 0.291. The van der Waals surface area contributed by atoms with Gasteiger partial charge in [-0.25, -0.2) is 9.59 Å². The lowest BCUT2D eigenvalue weighted by Crippen LogP contribution is -2.31. The molecule has 0 radical (unpaired) electrons. The maximum atomic E-state index is 13.8. The lowest BCUT2D eigenvalue weighted by Gasteiger charge is -2.22. The van der Waals surface area contributed by atoms with E-state index in [1.54, 1.807) is 68.9 Å². The number of hydrogen-bond acceptors (Lipinski definition) is 8. The Morgan fingerprint density at radius 3 is 1.75 bits per heavy atom. The van der Waals surface area contributed by atoms with Crippen molar-refractivity contribution in [3.05, 3.63) is 79.6 Å². The van der Waals surface area contributed by atoms with Crippen LogP contribution >= 0.6 is 0 Å². The smallest absolute Gasteiger partial charge is 0.340 e. The van der Waals surface area contributed by atoms with Gasteiger partial charge in [0.25, 0.3) is 11.1 Å². The first-order valence-corrected chi connectivity index (χ1v) is 13.2. The van der Waals surface area contributed by atoms with E-state index in [0.29, 0.717) is 39.4 Å². The highest BCUT2D eigenvalue weighted by Gasteiger charge is 2.41. The molecule has 6 rings (SSSR count). The molecule has 10 heteroatoms. The van der Waals surface area contributed by atoms with E-state index in [-0.39, 0.29) is 39.8 Å². The summed E-state index contributed by atoms with van der Waals surface area (Å²) >= 11 is 0. The molecule has 2 aromatic carbocycles. The number of carbonyl (C=O) groups is 2. The predicted molar refractivity (Wildman–Crippen MR) is 151 cm³/mol. The lowest BCUT2D eigenvalue weighted by atomic mass is 9.91. The normalized spacial score (nSPS) is 17.5. The standard InChI is InChI=1S/C30H30N4O6/c1-6-14(34-10-8-16-22-18(30(4,5)40-28(22)38)12-20(32)24(16)26(34)36)13-33-9-7-15-21-17(29(2,3)39-27(21)37)11-19(31)23(15)25(33)35/h7-12,14H,6,13,31-32H2,1-5H3. The Hall–Kier alpha value is -4.60. The van der Waals surface area contributed by atoms with Crippen LogP contribution in [-0.2, 0) is 27.2 Å². The largest absolute Gasteiger partial charge is 0.451 e. The highest BCUT2D eigenvalue weighted by Crippen LogP contribution is 2.42. The van der Waals surface area contributed by atoms with Gasteiger partial charge in [0.1, 0.15) is 11.2 Å². The lowest BCUT2D eigenvalue weighted by molar-refractivity contribution is 0.00850. The number of aromatic nitrogens is 2. The van der Waals surface area contributed by atoms with Gasteiger partial charge < -0.3 is 30.1 Å². The monoisotopic (exact) mass is 542 g/mol. The molecule has 2 aliphatic heterocycles. The fraction of sp³-hybridized carbons (Fsp3) is 0.333. The van der Waals surface area contributed by atoms with Crippen molar-refractivity contribution in [2.45, 2.75) is 64.8 Å². The Morgan fingerprint density at radius 2 is 1.25 bits per heavy atom. The summed E-state index contributed by atoms with van der Waals surface area (Å²) in [7, 11) is 0. The molecular weight excluding hydrogens is 512 g/mol. The van der Waals surface area contributed by atoms with E-state index in [9.17, 15) is 19.2 Å². The first-order valence-electron chi connectivity index (χ1n) is 13.2. The summed E-state index contributed by atoms with van der Waals surface area (Å²) in [5.74, 6) is -0.985. The van der Waals surface area contributed by atoms with E-state index < -0.39 is 29.2 Å². The van der Waals surface area contributed by atoms with Crippen molar-refractivity contribution in [1.82, 2.24) is 9.13 Å². The molecular formula is C30H30N4O6. The van der Waals surface area contributed by atoms with E-state index in [1.807, 2.05) is 6.92 Å². The number of hydrogen-bond donors (Lipinski definition) is 2. The van der Waals surface area contributed by atoms with Crippen LogP contribution in [0.5, 0.6) is 0 Å². The molecule has 0 saturated heterocycles. The van der Waals surface area contributed by atoms with E-state index in [1.165, 1.54) is 4.57 Å². The Kier molecular flexibility index (Phi) is 5.26. The van der Waals surface area contributed by atoms with Crippen LogP contribution < -0.4 is 22.6 Å². The highest BCUT2D eigenvalue weighted by molar-refractivity contribution is 6.12. The van der Waals surface area contributed by atoms with E-state index in [4.69, 9.17) is 20.9 Å².